The lowest BCUT2D eigenvalue weighted by Crippen LogP contribution is -2.39. The fraction of sp³-hybridized carbons (Fsp3) is 0.167. The van der Waals surface area contributed by atoms with E-state index in [0.717, 1.165) is 16.9 Å². The second-order valence-corrected chi connectivity index (χ2v) is 6.98. The van der Waals surface area contributed by atoms with Gasteiger partial charge in [-0.1, -0.05) is 66.2 Å². The number of nitrogens with one attached hydrogen (secondary N) is 2. The van der Waals surface area contributed by atoms with Crippen molar-refractivity contribution in [1.29, 1.82) is 0 Å². The maximum Gasteiger partial charge on any atom is 0.253 e. The van der Waals surface area contributed by atoms with Gasteiger partial charge in [0.25, 0.3) is 5.91 Å². The monoisotopic (exact) mass is 422 g/mol. The van der Waals surface area contributed by atoms with Crippen LogP contribution in [0.1, 0.15) is 34.5 Å². The van der Waals surface area contributed by atoms with Crippen molar-refractivity contribution in [2.75, 3.05) is 13.2 Å². The molecule has 2 N–H and O–H groups in total. The van der Waals surface area contributed by atoms with E-state index in [1.807, 2.05) is 61.5 Å². The summed E-state index contributed by atoms with van der Waals surface area (Å²) in [6.07, 6.45) is 0. The van der Waals surface area contributed by atoms with Gasteiger partial charge < -0.3 is 15.4 Å². The first-order valence-corrected chi connectivity index (χ1v) is 10.1. The van der Waals surface area contributed by atoms with Gasteiger partial charge in [0.15, 0.2) is 0 Å². The van der Waals surface area contributed by atoms with Crippen LogP contribution in [0, 0.1) is 0 Å². The van der Waals surface area contributed by atoms with Gasteiger partial charge in [-0.25, -0.2) is 0 Å². The molecular formula is C24H23ClN2O3. The standard InChI is InChI=1S/C24H23ClN2O3/c1-2-30-19-14-12-18(13-15-19)23(17-8-4-3-5-9-17)27-22(28)16-26-24(29)20-10-6-7-11-21(20)25/h3-15,23H,2,16H2,1H3,(H,26,29)(H,27,28)/t23-/m0/s1. The molecule has 0 bridgehead atoms. The minimum Gasteiger partial charge on any atom is -0.494 e. The highest BCUT2D eigenvalue weighted by Crippen LogP contribution is 2.24. The van der Waals surface area contributed by atoms with Crippen LogP contribution in [0.2, 0.25) is 5.02 Å². The number of ether oxygens (including phenoxy) is 1. The zero-order valence-electron chi connectivity index (χ0n) is 16.6. The third-order valence-electron chi connectivity index (χ3n) is 4.49. The Morgan fingerprint density at radius 1 is 0.900 bits per heavy atom. The van der Waals surface area contributed by atoms with Gasteiger partial charge >= 0.3 is 0 Å². The van der Waals surface area contributed by atoms with Crippen LogP contribution in [0.5, 0.6) is 5.75 Å². The molecule has 1 atom stereocenters. The van der Waals surface area contributed by atoms with E-state index in [0.29, 0.717) is 17.2 Å². The van der Waals surface area contributed by atoms with Gasteiger partial charge in [0.2, 0.25) is 5.91 Å². The van der Waals surface area contributed by atoms with Gasteiger partial charge in [0.05, 0.1) is 29.8 Å². The second-order valence-electron chi connectivity index (χ2n) is 6.58. The molecule has 3 aromatic rings. The van der Waals surface area contributed by atoms with Crippen molar-refractivity contribution < 1.29 is 14.3 Å². The van der Waals surface area contributed by atoms with Crippen LogP contribution in [0.3, 0.4) is 0 Å². The van der Waals surface area contributed by atoms with Gasteiger partial charge in [-0.15, -0.1) is 0 Å². The molecule has 0 spiro atoms. The van der Waals surface area contributed by atoms with Crippen molar-refractivity contribution in [1.82, 2.24) is 10.6 Å². The number of rotatable bonds is 8. The lowest BCUT2D eigenvalue weighted by Gasteiger charge is -2.20. The molecule has 2 amide bonds. The zero-order chi connectivity index (χ0) is 21.3. The Kier molecular flexibility index (Phi) is 7.46. The van der Waals surface area contributed by atoms with Crippen molar-refractivity contribution in [2.24, 2.45) is 0 Å². The van der Waals surface area contributed by atoms with E-state index in [2.05, 4.69) is 10.6 Å². The Balaban J connectivity index is 1.70. The molecule has 0 aromatic heterocycles. The van der Waals surface area contributed by atoms with E-state index in [4.69, 9.17) is 16.3 Å². The van der Waals surface area contributed by atoms with E-state index >= 15 is 0 Å². The van der Waals surface area contributed by atoms with E-state index in [9.17, 15) is 9.59 Å². The van der Waals surface area contributed by atoms with Gasteiger partial charge in [-0.2, -0.15) is 0 Å². The minimum absolute atomic E-state index is 0.162. The SMILES string of the molecule is CCOc1ccc([C@@H](NC(=O)CNC(=O)c2ccccc2Cl)c2ccccc2)cc1. The largest absolute Gasteiger partial charge is 0.494 e. The van der Waals surface area contributed by atoms with Gasteiger partial charge in [-0.3, -0.25) is 9.59 Å². The number of hydrogen-bond donors (Lipinski definition) is 2. The average molecular weight is 423 g/mol. The molecule has 5 nitrogen and oxygen atoms in total. The Morgan fingerprint density at radius 2 is 1.53 bits per heavy atom. The number of carbonyl (C=O) groups excluding carboxylic acids is 2. The van der Waals surface area contributed by atoms with E-state index < -0.39 is 5.91 Å². The molecule has 154 valence electrons. The summed E-state index contributed by atoms with van der Waals surface area (Å²) >= 11 is 6.04. The number of carbonyl (C=O) groups is 2. The number of amides is 2. The minimum atomic E-state index is -0.395. The summed E-state index contributed by atoms with van der Waals surface area (Å²) in [7, 11) is 0. The summed E-state index contributed by atoms with van der Waals surface area (Å²) in [4.78, 5) is 24.9. The van der Waals surface area contributed by atoms with Gasteiger partial charge in [0, 0.05) is 0 Å². The van der Waals surface area contributed by atoms with Crippen LogP contribution >= 0.6 is 11.6 Å². The number of halogens is 1. The van der Waals surface area contributed by atoms with Gasteiger partial charge in [-0.05, 0) is 42.3 Å². The fourth-order valence-electron chi connectivity index (χ4n) is 3.04. The van der Waals surface area contributed by atoms with E-state index in [-0.39, 0.29) is 18.5 Å². The number of hydrogen-bond acceptors (Lipinski definition) is 3. The molecule has 0 fully saturated rings. The molecular weight excluding hydrogens is 400 g/mol. The Labute approximate surface area is 181 Å². The maximum absolute atomic E-state index is 12.6. The lowest BCUT2D eigenvalue weighted by atomic mass is 9.98. The van der Waals surface area contributed by atoms with Crippen LogP contribution in [0.25, 0.3) is 0 Å². The summed E-state index contributed by atoms with van der Waals surface area (Å²) in [5.41, 5.74) is 2.18. The van der Waals surface area contributed by atoms with E-state index in [1.165, 1.54) is 0 Å². The molecule has 0 saturated carbocycles. The predicted octanol–water partition coefficient (Wildman–Crippen LogP) is 4.37. The van der Waals surface area contributed by atoms with Crippen LogP contribution in [-0.2, 0) is 4.79 Å². The fourth-order valence-corrected chi connectivity index (χ4v) is 3.26. The highest BCUT2D eigenvalue weighted by Gasteiger charge is 2.18. The summed E-state index contributed by atoms with van der Waals surface area (Å²) < 4.78 is 5.50. The van der Waals surface area contributed by atoms with Crippen molar-refractivity contribution in [3.8, 4) is 5.75 Å². The molecule has 0 saturated heterocycles. The third kappa shape index (κ3) is 5.61. The smallest absolute Gasteiger partial charge is 0.253 e. The van der Waals surface area contributed by atoms with E-state index in [1.54, 1.807) is 24.3 Å². The zero-order valence-corrected chi connectivity index (χ0v) is 17.4. The normalized spacial score (nSPS) is 11.4. The lowest BCUT2D eigenvalue weighted by molar-refractivity contribution is -0.120. The predicted molar refractivity (Wildman–Crippen MR) is 118 cm³/mol. The van der Waals surface area contributed by atoms with Crippen molar-refractivity contribution >= 4 is 23.4 Å². The molecule has 3 aromatic carbocycles. The first-order valence-electron chi connectivity index (χ1n) is 9.68. The Bertz CT molecular complexity index is 991. The summed E-state index contributed by atoms with van der Waals surface area (Å²) in [5.74, 6) is 0.0672. The first kappa shape index (κ1) is 21.4. The molecule has 0 aliphatic heterocycles. The van der Waals surface area contributed by atoms with Crippen LogP contribution in [0.4, 0.5) is 0 Å². The third-order valence-corrected chi connectivity index (χ3v) is 4.82. The molecule has 0 aliphatic rings. The van der Waals surface area contributed by atoms with Crippen LogP contribution < -0.4 is 15.4 Å². The Hall–Kier alpha value is -3.31. The summed E-state index contributed by atoms with van der Waals surface area (Å²) in [6.45, 7) is 2.35. The van der Waals surface area contributed by atoms with Crippen LogP contribution in [-0.4, -0.2) is 25.0 Å². The molecule has 3 rings (SSSR count). The van der Waals surface area contributed by atoms with Gasteiger partial charge in [0.1, 0.15) is 5.75 Å². The highest BCUT2D eigenvalue weighted by molar-refractivity contribution is 6.33. The second kappa shape index (κ2) is 10.5. The molecule has 30 heavy (non-hydrogen) atoms. The topological polar surface area (TPSA) is 67.4 Å². The molecule has 6 heteroatoms. The van der Waals surface area contributed by atoms with Crippen LogP contribution in [0.15, 0.2) is 78.9 Å². The summed E-state index contributed by atoms with van der Waals surface area (Å²) in [6, 6.07) is 23.6. The molecule has 0 radical (unpaired) electrons. The first-order chi connectivity index (χ1) is 14.6. The molecule has 0 unspecified atom stereocenters. The van der Waals surface area contributed by atoms with Crippen molar-refractivity contribution in [3.63, 3.8) is 0 Å². The quantitative estimate of drug-likeness (QED) is 0.566. The Morgan fingerprint density at radius 3 is 2.20 bits per heavy atom. The number of benzene rings is 3. The maximum atomic E-state index is 12.6. The molecule has 0 heterocycles. The van der Waals surface area contributed by atoms with Crippen molar-refractivity contribution in [3.05, 3.63) is 101 Å². The summed E-state index contributed by atoms with van der Waals surface area (Å²) in [5, 5.41) is 5.95. The highest BCUT2D eigenvalue weighted by atomic mass is 35.5. The van der Waals surface area contributed by atoms with Crippen molar-refractivity contribution in [2.45, 2.75) is 13.0 Å². The average Bonchev–Trinajstić information content (AvgIpc) is 2.77. The molecule has 0 aliphatic carbocycles.